The van der Waals surface area contributed by atoms with Crippen LogP contribution in [0.4, 0.5) is 5.82 Å². The monoisotopic (exact) mass is 232 g/mol. The molecule has 1 fully saturated rings. The molecule has 1 heterocycles. The minimum absolute atomic E-state index is 0.123. The molecule has 4 heteroatoms. The molecule has 0 amide bonds. The zero-order chi connectivity index (χ0) is 11.7. The van der Waals surface area contributed by atoms with Gasteiger partial charge in [0.1, 0.15) is 0 Å². The van der Waals surface area contributed by atoms with Crippen molar-refractivity contribution in [2.45, 2.75) is 37.8 Å². The highest BCUT2D eigenvalue weighted by Gasteiger charge is 2.20. The summed E-state index contributed by atoms with van der Waals surface area (Å²) in [7, 11) is 0. The molecule has 2 N–H and O–H groups in total. The molecule has 1 aromatic carbocycles. The number of nitrogens with zero attached hydrogens (tertiary/aromatic N) is 1. The number of aliphatic hydroxyl groups excluding tert-OH is 1. The van der Waals surface area contributed by atoms with Gasteiger partial charge < -0.3 is 14.9 Å². The van der Waals surface area contributed by atoms with Crippen LogP contribution in [0.1, 0.15) is 25.7 Å². The highest BCUT2D eigenvalue weighted by atomic mass is 16.5. The van der Waals surface area contributed by atoms with E-state index in [-0.39, 0.29) is 6.10 Å². The van der Waals surface area contributed by atoms with Crippen LogP contribution in [-0.4, -0.2) is 22.4 Å². The van der Waals surface area contributed by atoms with Crippen LogP contribution in [0.5, 0.6) is 0 Å². The zero-order valence-electron chi connectivity index (χ0n) is 9.60. The first-order valence-corrected chi connectivity index (χ1v) is 6.12. The van der Waals surface area contributed by atoms with Gasteiger partial charge in [0.15, 0.2) is 11.4 Å². The first-order chi connectivity index (χ1) is 8.33. The van der Waals surface area contributed by atoms with Crippen molar-refractivity contribution in [3.8, 4) is 0 Å². The SMILES string of the molecule is OC1CCC(Nc2noc3ccccc23)CC1. The number of hydrogen-bond acceptors (Lipinski definition) is 4. The van der Waals surface area contributed by atoms with Gasteiger partial charge in [0, 0.05) is 6.04 Å². The summed E-state index contributed by atoms with van der Waals surface area (Å²) < 4.78 is 5.25. The lowest BCUT2D eigenvalue weighted by Gasteiger charge is -2.25. The molecule has 0 saturated heterocycles. The Balaban J connectivity index is 1.76. The molecule has 0 unspecified atom stereocenters. The van der Waals surface area contributed by atoms with Gasteiger partial charge in [0.25, 0.3) is 0 Å². The van der Waals surface area contributed by atoms with Crippen LogP contribution in [0.15, 0.2) is 28.8 Å². The molecule has 1 aliphatic carbocycles. The van der Waals surface area contributed by atoms with Crippen LogP contribution >= 0.6 is 0 Å². The van der Waals surface area contributed by atoms with E-state index in [4.69, 9.17) is 4.52 Å². The second kappa shape index (κ2) is 4.37. The van der Waals surface area contributed by atoms with E-state index in [0.717, 1.165) is 42.5 Å². The van der Waals surface area contributed by atoms with E-state index < -0.39 is 0 Å². The van der Waals surface area contributed by atoms with E-state index in [1.807, 2.05) is 24.3 Å². The van der Waals surface area contributed by atoms with Crippen molar-refractivity contribution in [3.05, 3.63) is 24.3 Å². The quantitative estimate of drug-likeness (QED) is 0.835. The Labute approximate surface area is 99.6 Å². The van der Waals surface area contributed by atoms with Gasteiger partial charge >= 0.3 is 0 Å². The molecule has 90 valence electrons. The maximum Gasteiger partial charge on any atom is 0.177 e. The minimum Gasteiger partial charge on any atom is -0.393 e. The molecular formula is C13H16N2O2. The van der Waals surface area contributed by atoms with Crippen molar-refractivity contribution in [1.82, 2.24) is 5.16 Å². The molecule has 0 aliphatic heterocycles. The van der Waals surface area contributed by atoms with Gasteiger partial charge in [-0.05, 0) is 37.8 Å². The van der Waals surface area contributed by atoms with Crippen LogP contribution in [-0.2, 0) is 0 Å². The third-order valence-electron chi connectivity index (χ3n) is 3.42. The normalized spacial score (nSPS) is 25.0. The van der Waals surface area contributed by atoms with Gasteiger partial charge in [-0.3, -0.25) is 0 Å². The van der Waals surface area contributed by atoms with Crippen LogP contribution in [0.3, 0.4) is 0 Å². The fourth-order valence-electron chi connectivity index (χ4n) is 2.40. The average molecular weight is 232 g/mol. The zero-order valence-corrected chi connectivity index (χ0v) is 9.60. The number of anilines is 1. The van der Waals surface area contributed by atoms with Crippen molar-refractivity contribution in [2.75, 3.05) is 5.32 Å². The van der Waals surface area contributed by atoms with E-state index in [1.165, 1.54) is 0 Å². The molecule has 1 aromatic heterocycles. The number of benzene rings is 1. The third kappa shape index (κ3) is 2.13. The van der Waals surface area contributed by atoms with Gasteiger partial charge in [-0.2, -0.15) is 0 Å². The van der Waals surface area contributed by atoms with Gasteiger partial charge in [0.05, 0.1) is 11.5 Å². The first-order valence-electron chi connectivity index (χ1n) is 6.12. The number of nitrogens with one attached hydrogen (secondary N) is 1. The summed E-state index contributed by atoms with van der Waals surface area (Å²) in [5.41, 5.74) is 0.811. The maximum atomic E-state index is 9.46. The van der Waals surface area contributed by atoms with Gasteiger partial charge in [-0.15, -0.1) is 0 Å². The average Bonchev–Trinajstić information content (AvgIpc) is 2.76. The summed E-state index contributed by atoms with van der Waals surface area (Å²) in [5.74, 6) is 0.821. The molecule has 1 aliphatic rings. The topological polar surface area (TPSA) is 58.3 Å². The summed E-state index contributed by atoms with van der Waals surface area (Å²) in [6.45, 7) is 0. The van der Waals surface area contributed by atoms with Crippen molar-refractivity contribution in [2.24, 2.45) is 0 Å². The standard InChI is InChI=1S/C13H16N2O2/c16-10-7-5-9(6-8-10)14-13-11-3-1-2-4-12(11)17-15-13/h1-4,9-10,16H,5-8H2,(H,14,15). The number of para-hydroxylation sites is 1. The number of rotatable bonds is 2. The number of fused-ring (bicyclic) bond motifs is 1. The Morgan fingerprint density at radius 2 is 1.94 bits per heavy atom. The van der Waals surface area contributed by atoms with Gasteiger partial charge in [-0.25, -0.2) is 0 Å². The maximum absolute atomic E-state index is 9.46. The first kappa shape index (κ1) is 10.6. The van der Waals surface area contributed by atoms with E-state index in [9.17, 15) is 5.11 Å². The Bertz CT molecular complexity index is 501. The fourth-order valence-corrected chi connectivity index (χ4v) is 2.40. The van der Waals surface area contributed by atoms with E-state index >= 15 is 0 Å². The van der Waals surface area contributed by atoms with E-state index in [1.54, 1.807) is 0 Å². The Hall–Kier alpha value is -1.55. The van der Waals surface area contributed by atoms with Crippen molar-refractivity contribution in [1.29, 1.82) is 0 Å². The molecular weight excluding hydrogens is 216 g/mol. The highest BCUT2D eigenvalue weighted by molar-refractivity contribution is 5.87. The summed E-state index contributed by atoms with van der Waals surface area (Å²) in [4.78, 5) is 0. The van der Waals surface area contributed by atoms with E-state index in [0.29, 0.717) is 6.04 Å². The molecule has 1 saturated carbocycles. The van der Waals surface area contributed by atoms with E-state index in [2.05, 4.69) is 10.5 Å². The number of aromatic nitrogens is 1. The highest BCUT2D eigenvalue weighted by Crippen LogP contribution is 2.26. The van der Waals surface area contributed by atoms with Crippen molar-refractivity contribution in [3.63, 3.8) is 0 Å². The molecule has 3 rings (SSSR count). The summed E-state index contributed by atoms with van der Waals surface area (Å²) in [6.07, 6.45) is 3.59. The van der Waals surface area contributed by atoms with Crippen LogP contribution < -0.4 is 5.32 Å². The van der Waals surface area contributed by atoms with Gasteiger partial charge in [-0.1, -0.05) is 17.3 Å². The Kier molecular flexibility index (Phi) is 2.73. The molecule has 0 spiro atoms. The van der Waals surface area contributed by atoms with Crippen molar-refractivity contribution >= 4 is 16.8 Å². The lowest BCUT2D eigenvalue weighted by atomic mass is 9.93. The Morgan fingerprint density at radius 1 is 1.18 bits per heavy atom. The molecule has 0 bridgehead atoms. The lowest BCUT2D eigenvalue weighted by Crippen LogP contribution is -2.28. The molecule has 0 atom stereocenters. The smallest absolute Gasteiger partial charge is 0.177 e. The minimum atomic E-state index is -0.123. The second-order valence-electron chi connectivity index (χ2n) is 4.68. The predicted molar refractivity (Wildman–Crippen MR) is 65.9 cm³/mol. The second-order valence-corrected chi connectivity index (χ2v) is 4.68. The molecule has 0 radical (unpaired) electrons. The summed E-state index contributed by atoms with van der Waals surface area (Å²) >= 11 is 0. The fraction of sp³-hybridized carbons (Fsp3) is 0.462. The molecule has 4 nitrogen and oxygen atoms in total. The summed E-state index contributed by atoms with van der Waals surface area (Å²) in [6, 6.07) is 8.24. The molecule has 17 heavy (non-hydrogen) atoms. The van der Waals surface area contributed by atoms with Crippen LogP contribution in [0.25, 0.3) is 11.0 Å². The van der Waals surface area contributed by atoms with Crippen molar-refractivity contribution < 1.29 is 9.63 Å². The summed E-state index contributed by atoms with van der Waals surface area (Å²) in [5, 5.41) is 18.0. The lowest BCUT2D eigenvalue weighted by molar-refractivity contribution is 0.126. The molecule has 2 aromatic rings. The Morgan fingerprint density at radius 3 is 2.76 bits per heavy atom. The van der Waals surface area contributed by atoms with Crippen LogP contribution in [0, 0.1) is 0 Å². The van der Waals surface area contributed by atoms with Gasteiger partial charge in [0.2, 0.25) is 0 Å². The predicted octanol–water partition coefficient (Wildman–Crippen LogP) is 2.54. The number of aliphatic hydroxyl groups is 1. The largest absolute Gasteiger partial charge is 0.393 e. The number of hydrogen-bond donors (Lipinski definition) is 2. The third-order valence-corrected chi connectivity index (χ3v) is 3.42. The van der Waals surface area contributed by atoms with Crippen LogP contribution in [0.2, 0.25) is 0 Å².